The van der Waals surface area contributed by atoms with E-state index < -0.39 is 0 Å². The Labute approximate surface area is 115 Å². The van der Waals surface area contributed by atoms with E-state index in [9.17, 15) is 9.59 Å². The van der Waals surface area contributed by atoms with Crippen LogP contribution in [0.3, 0.4) is 0 Å². The molecule has 0 aromatic carbocycles. The van der Waals surface area contributed by atoms with Gasteiger partial charge < -0.3 is 15.5 Å². The van der Waals surface area contributed by atoms with E-state index in [1.54, 1.807) is 7.05 Å². The van der Waals surface area contributed by atoms with Crippen molar-refractivity contribution in [1.29, 1.82) is 0 Å². The molecule has 2 amide bonds. The molecule has 2 aliphatic heterocycles. The van der Waals surface area contributed by atoms with Gasteiger partial charge in [-0.3, -0.25) is 9.59 Å². The Morgan fingerprint density at radius 3 is 2.84 bits per heavy atom. The van der Waals surface area contributed by atoms with E-state index in [-0.39, 0.29) is 23.1 Å². The molecule has 0 aliphatic carbocycles. The molecule has 0 aromatic rings. The second-order valence-corrected chi connectivity index (χ2v) is 5.77. The molecule has 0 bridgehead atoms. The number of nitrogens with one attached hydrogen (secondary N) is 2. The lowest BCUT2D eigenvalue weighted by Crippen LogP contribution is -2.51. The van der Waals surface area contributed by atoms with Crippen LogP contribution in [0.4, 0.5) is 0 Å². The highest BCUT2D eigenvalue weighted by Gasteiger charge is 2.43. The summed E-state index contributed by atoms with van der Waals surface area (Å²) < 4.78 is 0. The maximum Gasteiger partial charge on any atom is 0.230 e. The summed E-state index contributed by atoms with van der Waals surface area (Å²) in [6, 6.07) is 0. The summed E-state index contributed by atoms with van der Waals surface area (Å²) in [4.78, 5) is 26.4. The Kier molecular flexibility index (Phi) is 4.45. The fourth-order valence-electron chi connectivity index (χ4n) is 3.29. The number of nitrogens with zero attached hydrogens (tertiary/aromatic N) is 1. The zero-order chi connectivity index (χ0) is 13.9. The van der Waals surface area contributed by atoms with Crippen LogP contribution < -0.4 is 10.6 Å². The van der Waals surface area contributed by atoms with Crippen molar-refractivity contribution in [3.63, 3.8) is 0 Å². The SMILES string of the molecule is CCC1(C(=O)N2CCCC(C(=O)NC)C2)CCNC1. The topological polar surface area (TPSA) is 61.4 Å². The number of rotatable bonds is 3. The number of piperidine rings is 1. The summed E-state index contributed by atoms with van der Waals surface area (Å²) in [6.07, 6.45) is 3.61. The number of hydrogen-bond acceptors (Lipinski definition) is 3. The molecule has 0 radical (unpaired) electrons. The molecule has 2 fully saturated rings. The molecule has 2 unspecified atom stereocenters. The number of carbonyl (C=O) groups is 2. The molecule has 2 aliphatic rings. The number of hydrogen-bond donors (Lipinski definition) is 2. The van der Waals surface area contributed by atoms with Crippen molar-refractivity contribution < 1.29 is 9.59 Å². The minimum atomic E-state index is -0.232. The standard InChI is InChI=1S/C14H25N3O2/c1-3-14(6-7-16-10-14)13(19)17-8-4-5-11(9-17)12(18)15-2/h11,16H,3-10H2,1-2H3,(H,15,18). The summed E-state index contributed by atoms with van der Waals surface area (Å²) in [6.45, 7) is 5.18. The Balaban J connectivity index is 2.04. The lowest BCUT2D eigenvalue weighted by molar-refractivity contribution is -0.144. The highest BCUT2D eigenvalue weighted by atomic mass is 16.2. The molecule has 0 saturated carbocycles. The van der Waals surface area contributed by atoms with E-state index in [4.69, 9.17) is 0 Å². The molecule has 5 heteroatoms. The van der Waals surface area contributed by atoms with Gasteiger partial charge in [-0.1, -0.05) is 6.92 Å². The Hall–Kier alpha value is -1.10. The van der Waals surface area contributed by atoms with E-state index in [2.05, 4.69) is 17.6 Å². The molecule has 5 nitrogen and oxygen atoms in total. The third kappa shape index (κ3) is 2.76. The summed E-state index contributed by atoms with van der Waals surface area (Å²) in [5, 5.41) is 6.00. The molecule has 108 valence electrons. The van der Waals surface area contributed by atoms with Crippen LogP contribution in [0.25, 0.3) is 0 Å². The average Bonchev–Trinajstić information content (AvgIpc) is 2.96. The van der Waals surface area contributed by atoms with Crippen molar-refractivity contribution in [2.45, 2.75) is 32.6 Å². The molecule has 0 aromatic heterocycles. The molecule has 0 spiro atoms. The van der Waals surface area contributed by atoms with Crippen LogP contribution in [-0.4, -0.2) is 49.9 Å². The maximum absolute atomic E-state index is 12.8. The fourth-order valence-corrected chi connectivity index (χ4v) is 3.29. The fraction of sp³-hybridized carbons (Fsp3) is 0.857. The monoisotopic (exact) mass is 267 g/mol. The third-order valence-corrected chi connectivity index (χ3v) is 4.70. The van der Waals surface area contributed by atoms with Crippen molar-refractivity contribution in [3.05, 3.63) is 0 Å². The summed E-state index contributed by atoms with van der Waals surface area (Å²) >= 11 is 0. The smallest absolute Gasteiger partial charge is 0.230 e. The third-order valence-electron chi connectivity index (χ3n) is 4.70. The predicted octanol–water partition coefficient (Wildman–Crippen LogP) is 0.361. The molecular weight excluding hydrogens is 242 g/mol. The molecule has 2 heterocycles. The second-order valence-electron chi connectivity index (χ2n) is 5.77. The largest absolute Gasteiger partial charge is 0.359 e. The van der Waals surface area contributed by atoms with Gasteiger partial charge in [0.1, 0.15) is 0 Å². The maximum atomic E-state index is 12.8. The van der Waals surface area contributed by atoms with E-state index >= 15 is 0 Å². The van der Waals surface area contributed by atoms with Gasteiger partial charge in [0, 0.05) is 26.7 Å². The van der Waals surface area contributed by atoms with E-state index in [0.29, 0.717) is 6.54 Å². The van der Waals surface area contributed by atoms with Crippen molar-refractivity contribution >= 4 is 11.8 Å². The van der Waals surface area contributed by atoms with Crippen molar-refractivity contribution in [3.8, 4) is 0 Å². The van der Waals surface area contributed by atoms with E-state index in [1.165, 1.54) is 0 Å². The molecule has 19 heavy (non-hydrogen) atoms. The first-order valence-corrected chi connectivity index (χ1v) is 7.34. The van der Waals surface area contributed by atoms with Gasteiger partial charge in [0.25, 0.3) is 0 Å². The number of likely N-dealkylation sites (tertiary alicyclic amines) is 1. The summed E-state index contributed by atoms with van der Waals surface area (Å²) in [7, 11) is 1.66. The first kappa shape index (κ1) is 14.3. The van der Waals surface area contributed by atoms with Gasteiger partial charge >= 0.3 is 0 Å². The van der Waals surface area contributed by atoms with Gasteiger partial charge in [-0.05, 0) is 32.2 Å². The van der Waals surface area contributed by atoms with Gasteiger partial charge in [0.05, 0.1) is 11.3 Å². The summed E-state index contributed by atoms with van der Waals surface area (Å²) in [5.41, 5.74) is -0.232. The van der Waals surface area contributed by atoms with Crippen LogP contribution in [0.2, 0.25) is 0 Å². The quantitative estimate of drug-likeness (QED) is 0.776. The first-order valence-electron chi connectivity index (χ1n) is 7.34. The normalized spacial score (nSPS) is 31.3. The van der Waals surface area contributed by atoms with Crippen LogP contribution in [0.1, 0.15) is 32.6 Å². The molecule has 2 N–H and O–H groups in total. The minimum Gasteiger partial charge on any atom is -0.359 e. The number of amides is 2. The number of carbonyl (C=O) groups excluding carboxylic acids is 2. The average molecular weight is 267 g/mol. The van der Waals surface area contributed by atoms with Crippen molar-refractivity contribution in [2.75, 3.05) is 33.2 Å². The predicted molar refractivity (Wildman–Crippen MR) is 73.6 cm³/mol. The van der Waals surface area contributed by atoms with Gasteiger partial charge in [0.15, 0.2) is 0 Å². The molecule has 2 saturated heterocycles. The van der Waals surface area contributed by atoms with Crippen LogP contribution in [-0.2, 0) is 9.59 Å². The first-order chi connectivity index (χ1) is 9.13. The van der Waals surface area contributed by atoms with Gasteiger partial charge in [-0.2, -0.15) is 0 Å². The van der Waals surface area contributed by atoms with Crippen molar-refractivity contribution in [1.82, 2.24) is 15.5 Å². The zero-order valence-corrected chi connectivity index (χ0v) is 12.0. The Morgan fingerprint density at radius 1 is 1.47 bits per heavy atom. The van der Waals surface area contributed by atoms with Crippen LogP contribution >= 0.6 is 0 Å². The Bertz CT molecular complexity index is 351. The van der Waals surface area contributed by atoms with E-state index in [0.717, 1.165) is 45.3 Å². The van der Waals surface area contributed by atoms with Gasteiger partial charge in [0.2, 0.25) is 11.8 Å². The van der Waals surface area contributed by atoms with Crippen LogP contribution in [0.5, 0.6) is 0 Å². The highest BCUT2D eigenvalue weighted by Crippen LogP contribution is 2.33. The lowest BCUT2D eigenvalue weighted by Gasteiger charge is -2.38. The molecular formula is C14H25N3O2. The van der Waals surface area contributed by atoms with Crippen LogP contribution in [0, 0.1) is 11.3 Å². The molecule has 2 atom stereocenters. The molecule has 2 rings (SSSR count). The Morgan fingerprint density at radius 2 is 2.26 bits per heavy atom. The second kappa shape index (κ2) is 5.90. The minimum absolute atomic E-state index is 0.0361. The summed E-state index contributed by atoms with van der Waals surface area (Å²) in [5.74, 6) is 0.271. The van der Waals surface area contributed by atoms with Crippen molar-refractivity contribution in [2.24, 2.45) is 11.3 Å². The van der Waals surface area contributed by atoms with E-state index in [1.807, 2.05) is 4.90 Å². The van der Waals surface area contributed by atoms with Gasteiger partial charge in [-0.15, -0.1) is 0 Å². The van der Waals surface area contributed by atoms with Gasteiger partial charge in [-0.25, -0.2) is 0 Å². The van der Waals surface area contributed by atoms with Crippen LogP contribution in [0.15, 0.2) is 0 Å². The highest BCUT2D eigenvalue weighted by molar-refractivity contribution is 5.85. The lowest BCUT2D eigenvalue weighted by atomic mass is 9.81. The zero-order valence-electron chi connectivity index (χ0n) is 12.0.